The molecule has 0 spiro atoms. The van der Waals surface area contributed by atoms with E-state index in [2.05, 4.69) is 53.5 Å². The summed E-state index contributed by atoms with van der Waals surface area (Å²) in [6.45, 7) is 6.22. The number of rotatable bonds is 3. The number of hydrogen-bond donors (Lipinski definition) is 2. The van der Waals surface area contributed by atoms with Gasteiger partial charge in [-0.3, -0.25) is 0 Å². The molecule has 0 bridgehead atoms. The fourth-order valence-electron chi connectivity index (χ4n) is 1.97. The van der Waals surface area contributed by atoms with Gasteiger partial charge in [0.15, 0.2) is 5.11 Å². The molecule has 2 aromatic rings. The minimum Gasteiger partial charge on any atom is -0.358 e. The third-order valence-corrected chi connectivity index (χ3v) is 3.03. The van der Waals surface area contributed by atoms with Crippen molar-refractivity contribution >= 4 is 17.3 Å². The predicted molar refractivity (Wildman–Crippen MR) is 88.9 cm³/mol. The van der Waals surface area contributed by atoms with Crippen LogP contribution in [0.2, 0.25) is 0 Å². The molecule has 0 radical (unpaired) electrons. The number of aromatic nitrogens is 2. The van der Waals surface area contributed by atoms with Crippen molar-refractivity contribution in [2.24, 2.45) is 0 Å². The lowest BCUT2D eigenvalue weighted by Gasteiger charge is -2.27. The number of nitrogens with one attached hydrogen (secondary N) is 2. The molecule has 2 N–H and O–H groups in total. The number of hydrogen-bond acceptors (Lipinski definition) is 3. The molecule has 0 saturated carbocycles. The van der Waals surface area contributed by atoms with Crippen LogP contribution in [-0.4, -0.2) is 20.6 Å². The maximum atomic E-state index is 5.42. The number of benzene rings is 1. The fourth-order valence-corrected chi connectivity index (χ4v) is 2.40. The number of nitrogens with zero attached hydrogens (tertiary/aromatic N) is 2. The Kier molecular flexibility index (Phi) is 4.85. The first kappa shape index (κ1) is 15.4. The van der Waals surface area contributed by atoms with Crippen LogP contribution in [0.1, 0.15) is 37.9 Å². The van der Waals surface area contributed by atoms with Gasteiger partial charge in [-0.15, -0.1) is 0 Å². The molecule has 0 amide bonds. The maximum Gasteiger partial charge on any atom is 0.167 e. The molecule has 1 heterocycles. The van der Waals surface area contributed by atoms with Gasteiger partial charge in [-0.05, 0) is 38.6 Å². The first-order chi connectivity index (χ1) is 9.96. The van der Waals surface area contributed by atoms with Crippen molar-refractivity contribution in [3.8, 4) is 0 Å². The molecule has 110 valence electrons. The van der Waals surface area contributed by atoms with E-state index in [1.807, 2.05) is 18.2 Å². The molecule has 0 fully saturated rings. The van der Waals surface area contributed by atoms with Gasteiger partial charge in [0.2, 0.25) is 0 Å². The Hall–Kier alpha value is -2.01. The smallest absolute Gasteiger partial charge is 0.167 e. The van der Waals surface area contributed by atoms with E-state index in [1.165, 1.54) is 6.33 Å². The summed E-state index contributed by atoms with van der Waals surface area (Å²) in [6, 6.07) is 10.1. The van der Waals surface area contributed by atoms with Crippen molar-refractivity contribution in [2.75, 3.05) is 0 Å². The summed E-state index contributed by atoms with van der Waals surface area (Å²) in [6.07, 6.45) is 5.13. The van der Waals surface area contributed by atoms with E-state index in [9.17, 15) is 0 Å². The van der Waals surface area contributed by atoms with Gasteiger partial charge in [0.05, 0.1) is 6.04 Å². The van der Waals surface area contributed by atoms with Crippen LogP contribution in [0.4, 0.5) is 0 Å². The van der Waals surface area contributed by atoms with Gasteiger partial charge in [0.25, 0.3) is 0 Å². The van der Waals surface area contributed by atoms with Crippen LogP contribution in [0, 0.1) is 0 Å². The lowest BCUT2D eigenvalue weighted by Crippen LogP contribution is -2.47. The zero-order valence-electron chi connectivity index (χ0n) is 12.5. The summed E-state index contributed by atoms with van der Waals surface area (Å²) in [5.74, 6) is 0. The first-order valence-corrected chi connectivity index (χ1v) is 7.25. The molecule has 0 saturated heterocycles. The van der Waals surface area contributed by atoms with Crippen molar-refractivity contribution in [1.82, 2.24) is 20.6 Å². The normalized spacial score (nSPS) is 12.5. The summed E-state index contributed by atoms with van der Waals surface area (Å²) in [5.41, 5.74) is 2.01. The van der Waals surface area contributed by atoms with E-state index in [-0.39, 0.29) is 11.6 Å². The largest absolute Gasteiger partial charge is 0.358 e. The van der Waals surface area contributed by atoms with Gasteiger partial charge in [0, 0.05) is 23.5 Å². The van der Waals surface area contributed by atoms with Crippen molar-refractivity contribution in [1.29, 1.82) is 0 Å². The fraction of sp³-hybridized carbons (Fsp3) is 0.312. The molecule has 0 aliphatic heterocycles. The van der Waals surface area contributed by atoms with Crippen molar-refractivity contribution < 1.29 is 0 Å². The van der Waals surface area contributed by atoms with E-state index in [1.54, 1.807) is 12.4 Å². The quantitative estimate of drug-likeness (QED) is 0.854. The first-order valence-electron chi connectivity index (χ1n) is 6.84. The van der Waals surface area contributed by atoms with Crippen LogP contribution in [0.3, 0.4) is 0 Å². The monoisotopic (exact) mass is 300 g/mol. The second-order valence-corrected chi connectivity index (χ2v) is 6.27. The Labute approximate surface area is 131 Å². The zero-order chi connectivity index (χ0) is 15.3. The van der Waals surface area contributed by atoms with Crippen LogP contribution in [0.25, 0.3) is 0 Å². The van der Waals surface area contributed by atoms with Gasteiger partial charge < -0.3 is 10.6 Å². The molecule has 4 nitrogen and oxygen atoms in total. The van der Waals surface area contributed by atoms with Crippen molar-refractivity contribution in [2.45, 2.75) is 32.4 Å². The second-order valence-electron chi connectivity index (χ2n) is 5.86. The molecular formula is C16H20N4S. The SMILES string of the molecule is CC(C)(C)NC(=S)NC(c1ccccc1)c1cncnc1. The van der Waals surface area contributed by atoms with E-state index >= 15 is 0 Å². The third kappa shape index (κ3) is 4.79. The van der Waals surface area contributed by atoms with E-state index in [4.69, 9.17) is 12.2 Å². The minimum atomic E-state index is -0.0848. The minimum absolute atomic E-state index is 0.0743. The zero-order valence-corrected chi connectivity index (χ0v) is 13.3. The van der Waals surface area contributed by atoms with Gasteiger partial charge in [-0.1, -0.05) is 30.3 Å². The van der Waals surface area contributed by atoms with Gasteiger partial charge in [-0.2, -0.15) is 0 Å². The highest BCUT2D eigenvalue weighted by atomic mass is 32.1. The predicted octanol–water partition coefficient (Wildman–Crippen LogP) is 2.83. The Balaban J connectivity index is 2.24. The van der Waals surface area contributed by atoms with Gasteiger partial charge in [-0.25, -0.2) is 9.97 Å². The Morgan fingerprint density at radius 3 is 2.24 bits per heavy atom. The van der Waals surface area contributed by atoms with E-state index < -0.39 is 0 Å². The van der Waals surface area contributed by atoms with Crippen LogP contribution in [0.5, 0.6) is 0 Å². The van der Waals surface area contributed by atoms with Gasteiger partial charge >= 0.3 is 0 Å². The molecule has 21 heavy (non-hydrogen) atoms. The summed E-state index contributed by atoms with van der Waals surface area (Å²) < 4.78 is 0. The molecule has 1 atom stereocenters. The van der Waals surface area contributed by atoms with Crippen LogP contribution < -0.4 is 10.6 Å². The third-order valence-electron chi connectivity index (χ3n) is 2.81. The lowest BCUT2D eigenvalue weighted by molar-refractivity contribution is 0.503. The standard InChI is InChI=1S/C16H20N4S/c1-16(2,3)20-15(21)19-14(12-7-5-4-6-8-12)13-9-17-11-18-10-13/h4-11,14H,1-3H3,(H2,19,20,21). The molecule has 2 rings (SSSR count). The van der Waals surface area contributed by atoms with Crippen molar-refractivity contribution in [3.05, 3.63) is 60.2 Å². The molecule has 1 unspecified atom stereocenters. The summed E-state index contributed by atoms with van der Waals surface area (Å²) >= 11 is 5.42. The van der Waals surface area contributed by atoms with E-state index in [0.717, 1.165) is 11.1 Å². The Morgan fingerprint density at radius 2 is 1.67 bits per heavy atom. The Bertz CT molecular complexity index is 539. The molecular weight excluding hydrogens is 280 g/mol. The highest BCUT2D eigenvalue weighted by Crippen LogP contribution is 2.20. The summed E-state index contributed by atoms with van der Waals surface area (Å²) in [7, 11) is 0. The summed E-state index contributed by atoms with van der Waals surface area (Å²) in [5, 5.41) is 7.23. The summed E-state index contributed by atoms with van der Waals surface area (Å²) in [4.78, 5) is 8.20. The van der Waals surface area contributed by atoms with Crippen molar-refractivity contribution in [3.63, 3.8) is 0 Å². The van der Waals surface area contributed by atoms with Gasteiger partial charge in [0.1, 0.15) is 6.33 Å². The second kappa shape index (κ2) is 6.63. The van der Waals surface area contributed by atoms with Crippen LogP contribution in [0.15, 0.2) is 49.1 Å². The maximum absolute atomic E-state index is 5.42. The molecule has 1 aromatic carbocycles. The molecule has 5 heteroatoms. The highest BCUT2D eigenvalue weighted by molar-refractivity contribution is 7.80. The topological polar surface area (TPSA) is 49.8 Å². The molecule has 0 aliphatic rings. The lowest BCUT2D eigenvalue weighted by atomic mass is 10.0. The number of thiocarbonyl (C=S) groups is 1. The Morgan fingerprint density at radius 1 is 1.05 bits per heavy atom. The van der Waals surface area contributed by atoms with Crippen LogP contribution >= 0.6 is 12.2 Å². The van der Waals surface area contributed by atoms with Crippen LogP contribution in [-0.2, 0) is 0 Å². The average Bonchev–Trinajstić information content (AvgIpc) is 2.45. The highest BCUT2D eigenvalue weighted by Gasteiger charge is 2.18. The molecule has 0 aliphatic carbocycles. The molecule has 1 aromatic heterocycles. The van der Waals surface area contributed by atoms with E-state index in [0.29, 0.717) is 5.11 Å². The average molecular weight is 300 g/mol.